The number of hydrogen-bond donors (Lipinski definition) is 0. The third kappa shape index (κ3) is 4.99. The highest BCUT2D eigenvalue weighted by Crippen LogP contribution is 2.27. The topological polar surface area (TPSA) is 81.3 Å². The summed E-state index contributed by atoms with van der Waals surface area (Å²) < 4.78 is 1.54. The second-order valence-corrected chi connectivity index (χ2v) is 8.89. The number of hydrogen-bond acceptors (Lipinski definition) is 4. The van der Waals surface area contributed by atoms with Gasteiger partial charge < -0.3 is 4.90 Å². The third-order valence-electron chi connectivity index (χ3n) is 6.55. The fourth-order valence-corrected chi connectivity index (χ4v) is 4.67. The molecule has 7 nitrogen and oxygen atoms in total. The van der Waals surface area contributed by atoms with Gasteiger partial charge in [0.15, 0.2) is 0 Å². The highest BCUT2D eigenvalue weighted by molar-refractivity contribution is 5.94. The first-order chi connectivity index (χ1) is 17.1. The maximum absolute atomic E-state index is 13.7. The lowest BCUT2D eigenvalue weighted by Gasteiger charge is -2.32. The Balaban J connectivity index is 1.41. The molecule has 7 heteroatoms. The molecule has 2 heterocycles. The number of amides is 1. The normalized spacial score (nSPS) is 14.1. The molecule has 3 aromatic carbocycles. The lowest BCUT2D eigenvalue weighted by Crippen LogP contribution is -2.39. The van der Waals surface area contributed by atoms with Crippen LogP contribution in [0, 0.1) is 16.0 Å². The molecule has 0 atom stereocenters. The smallest absolute Gasteiger partial charge is 0.272 e. The van der Waals surface area contributed by atoms with Crippen LogP contribution in [0.3, 0.4) is 0 Å². The number of likely N-dealkylation sites (tertiary alicyclic amines) is 1. The Kier molecular flexibility index (Phi) is 6.39. The van der Waals surface area contributed by atoms with Crippen molar-refractivity contribution in [3.8, 4) is 16.9 Å². The number of nitro groups is 1. The summed E-state index contributed by atoms with van der Waals surface area (Å²) in [5.74, 6) is 0.437. The van der Waals surface area contributed by atoms with Gasteiger partial charge in [-0.3, -0.25) is 14.9 Å². The summed E-state index contributed by atoms with van der Waals surface area (Å²) >= 11 is 0. The molecule has 1 fully saturated rings. The molecule has 0 N–H and O–H groups in total. The first-order valence-corrected chi connectivity index (χ1v) is 11.8. The lowest BCUT2D eigenvalue weighted by molar-refractivity contribution is -0.384. The minimum atomic E-state index is -0.440. The van der Waals surface area contributed by atoms with E-state index < -0.39 is 4.92 Å². The van der Waals surface area contributed by atoms with Gasteiger partial charge in [0, 0.05) is 30.8 Å². The molecule has 0 radical (unpaired) electrons. The van der Waals surface area contributed by atoms with Crippen molar-refractivity contribution in [3.63, 3.8) is 0 Å². The molecule has 35 heavy (non-hydrogen) atoms. The van der Waals surface area contributed by atoms with Gasteiger partial charge in [-0.25, -0.2) is 4.68 Å². The van der Waals surface area contributed by atoms with E-state index in [0.717, 1.165) is 24.8 Å². The molecule has 0 bridgehead atoms. The molecule has 1 amide bonds. The first-order valence-electron chi connectivity index (χ1n) is 11.8. The zero-order valence-electron chi connectivity index (χ0n) is 19.3. The zero-order chi connectivity index (χ0) is 24.2. The molecule has 1 aliphatic rings. The number of carbonyl (C=O) groups is 1. The van der Waals surface area contributed by atoms with Crippen LogP contribution in [-0.4, -0.2) is 38.6 Å². The first kappa shape index (κ1) is 22.5. The summed E-state index contributed by atoms with van der Waals surface area (Å²) in [6.07, 6.45) is 2.90. The molecular weight excluding hydrogens is 440 g/mol. The fourth-order valence-electron chi connectivity index (χ4n) is 4.67. The van der Waals surface area contributed by atoms with Crippen molar-refractivity contribution in [3.05, 3.63) is 112 Å². The van der Waals surface area contributed by atoms with Crippen molar-refractivity contribution in [2.75, 3.05) is 13.1 Å². The molecule has 176 valence electrons. The minimum absolute atomic E-state index is 0.0422. The van der Waals surface area contributed by atoms with E-state index in [0.29, 0.717) is 36.1 Å². The Morgan fingerprint density at radius 3 is 2.29 bits per heavy atom. The molecular formula is C28H26N4O3. The van der Waals surface area contributed by atoms with Crippen molar-refractivity contribution in [1.29, 1.82) is 0 Å². The van der Waals surface area contributed by atoms with Gasteiger partial charge in [-0.05, 0) is 42.9 Å². The number of rotatable bonds is 6. The molecule has 0 unspecified atom stereocenters. The molecule has 0 aliphatic carbocycles. The molecule has 1 saturated heterocycles. The molecule has 0 spiro atoms. The third-order valence-corrected chi connectivity index (χ3v) is 6.55. The van der Waals surface area contributed by atoms with Crippen LogP contribution in [0.1, 0.15) is 28.9 Å². The summed E-state index contributed by atoms with van der Waals surface area (Å²) in [5.41, 5.74) is 3.72. The van der Waals surface area contributed by atoms with E-state index in [4.69, 9.17) is 0 Å². The van der Waals surface area contributed by atoms with E-state index in [9.17, 15) is 14.9 Å². The van der Waals surface area contributed by atoms with Crippen molar-refractivity contribution < 1.29 is 9.72 Å². The van der Waals surface area contributed by atoms with Crippen LogP contribution >= 0.6 is 0 Å². The molecule has 1 aliphatic heterocycles. The molecule has 0 saturated carbocycles. The van der Waals surface area contributed by atoms with Crippen LogP contribution in [0.2, 0.25) is 0 Å². The SMILES string of the molecule is O=C(c1cc(-c2ccccc2)nn1-c1cccc([N+](=O)[O-])c1)N1CCC(Cc2ccccc2)CC1. The number of non-ortho nitro benzene ring substituents is 1. The molecule has 5 rings (SSSR count). The van der Waals surface area contributed by atoms with E-state index in [2.05, 4.69) is 29.4 Å². The van der Waals surface area contributed by atoms with Gasteiger partial charge in [0.25, 0.3) is 11.6 Å². The summed E-state index contributed by atoms with van der Waals surface area (Å²) in [7, 11) is 0. The minimum Gasteiger partial charge on any atom is -0.337 e. The Morgan fingerprint density at radius 1 is 0.914 bits per heavy atom. The Morgan fingerprint density at radius 2 is 1.60 bits per heavy atom. The average Bonchev–Trinajstić information content (AvgIpc) is 3.36. The number of nitro benzene ring substituents is 1. The standard InChI is InChI=1S/C28H26N4O3/c33-28(30-16-14-22(15-17-30)18-21-8-3-1-4-9-21)27-20-26(23-10-5-2-6-11-23)29-31(27)24-12-7-13-25(19-24)32(34)35/h1-13,19-20,22H,14-18H2. The van der Waals surface area contributed by atoms with Gasteiger partial charge in [0.05, 0.1) is 16.3 Å². The van der Waals surface area contributed by atoms with Crippen LogP contribution in [0.4, 0.5) is 5.69 Å². The van der Waals surface area contributed by atoms with E-state index in [1.807, 2.05) is 41.3 Å². The fraction of sp³-hybridized carbons (Fsp3) is 0.214. The quantitative estimate of drug-likeness (QED) is 0.276. The molecule has 1 aromatic heterocycles. The van der Waals surface area contributed by atoms with Crippen molar-refractivity contribution in [2.45, 2.75) is 19.3 Å². The maximum atomic E-state index is 13.7. The van der Waals surface area contributed by atoms with Crippen molar-refractivity contribution >= 4 is 11.6 Å². The number of piperidine rings is 1. The number of carbonyl (C=O) groups excluding carboxylic acids is 1. The Hall–Kier alpha value is -4.26. The van der Waals surface area contributed by atoms with Crippen LogP contribution in [0.25, 0.3) is 16.9 Å². The van der Waals surface area contributed by atoms with Gasteiger partial charge in [-0.15, -0.1) is 0 Å². The number of benzene rings is 3. The summed E-state index contributed by atoms with van der Waals surface area (Å²) in [6.45, 7) is 1.36. The average molecular weight is 467 g/mol. The maximum Gasteiger partial charge on any atom is 0.272 e. The van der Waals surface area contributed by atoms with Crippen LogP contribution in [0.5, 0.6) is 0 Å². The largest absolute Gasteiger partial charge is 0.337 e. The van der Waals surface area contributed by atoms with Crippen LogP contribution in [0.15, 0.2) is 91.0 Å². The Labute approximate surface area is 203 Å². The highest BCUT2D eigenvalue weighted by Gasteiger charge is 2.27. The van der Waals surface area contributed by atoms with E-state index >= 15 is 0 Å². The van der Waals surface area contributed by atoms with E-state index in [-0.39, 0.29) is 11.6 Å². The van der Waals surface area contributed by atoms with Gasteiger partial charge in [-0.2, -0.15) is 5.10 Å². The van der Waals surface area contributed by atoms with E-state index in [1.165, 1.54) is 22.4 Å². The van der Waals surface area contributed by atoms with Crippen molar-refractivity contribution in [2.24, 2.45) is 5.92 Å². The highest BCUT2D eigenvalue weighted by atomic mass is 16.6. The van der Waals surface area contributed by atoms with Crippen molar-refractivity contribution in [1.82, 2.24) is 14.7 Å². The second-order valence-electron chi connectivity index (χ2n) is 8.89. The predicted molar refractivity (Wildman–Crippen MR) is 134 cm³/mol. The monoisotopic (exact) mass is 466 g/mol. The summed E-state index contributed by atoms with van der Waals surface area (Å²) in [4.78, 5) is 26.4. The van der Waals surface area contributed by atoms with Crippen LogP contribution < -0.4 is 0 Å². The number of nitrogens with zero attached hydrogens (tertiary/aromatic N) is 4. The van der Waals surface area contributed by atoms with Gasteiger partial charge in [0.1, 0.15) is 5.69 Å². The van der Waals surface area contributed by atoms with E-state index in [1.54, 1.807) is 18.2 Å². The number of aromatic nitrogens is 2. The van der Waals surface area contributed by atoms with Gasteiger partial charge >= 0.3 is 0 Å². The van der Waals surface area contributed by atoms with Gasteiger partial charge in [-0.1, -0.05) is 66.7 Å². The Bertz CT molecular complexity index is 1330. The van der Waals surface area contributed by atoms with Gasteiger partial charge in [0.2, 0.25) is 0 Å². The zero-order valence-corrected chi connectivity index (χ0v) is 19.3. The lowest BCUT2D eigenvalue weighted by atomic mass is 9.90. The predicted octanol–water partition coefficient (Wildman–Crippen LogP) is 5.54. The summed E-state index contributed by atoms with van der Waals surface area (Å²) in [6, 6.07) is 28.1. The second kappa shape index (κ2) is 9.93. The summed E-state index contributed by atoms with van der Waals surface area (Å²) in [5, 5.41) is 16.0. The van der Waals surface area contributed by atoms with Crippen LogP contribution in [-0.2, 0) is 6.42 Å². The molecule has 4 aromatic rings.